The fourth-order valence-corrected chi connectivity index (χ4v) is 3.24. The molecule has 0 radical (unpaired) electrons. The van der Waals surface area contributed by atoms with Crippen molar-refractivity contribution in [3.05, 3.63) is 51.6 Å². The van der Waals surface area contributed by atoms with E-state index in [9.17, 15) is 34.5 Å². The number of carboxylic acid groups (broad SMARTS) is 1. The van der Waals surface area contributed by atoms with Crippen molar-refractivity contribution in [2.24, 2.45) is 0 Å². The van der Waals surface area contributed by atoms with Crippen molar-refractivity contribution in [3.8, 4) is 17.2 Å². The highest BCUT2D eigenvalue weighted by atomic mass is 16.4. The fraction of sp³-hybridized carbons (Fsp3) is 0.158. The first-order chi connectivity index (χ1) is 12.7. The maximum Gasteiger partial charge on any atom is 0.307 e. The van der Waals surface area contributed by atoms with Crippen LogP contribution in [0.5, 0.6) is 17.2 Å². The number of carboxylic acids is 1. The standard InChI is InChI=1S/C19H14O8/c1-2-11(21)15-8(6-14(24)25)12(22)5-10-17(15)19(27)16-9(18(10)26)3-7(20)4-13(16)23/h3-5,20,22-23H,2,6H2,1H3,(H,24,25). The second-order valence-electron chi connectivity index (χ2n) is 6.06. The molecular formula is C19H14O8. The van der Waals surface area contributed by atoms with E-state index < -0.39 is 47.0 Å². The van der Waals surface area contributed by atoms with E-state index in [1.807, 2.05) is 0 Å². The number of carbonyl (C=O) groups is 4. The van der Waals surface area contributed by atoms with Crippen LogP contribution in [-0.2, 0) is 11.2 Å². The zero-order chi connectivity index (χ0) is 20.0. The first-order valence-electron chi connectivity index (χ1n) is 7.96. The number of phenolic OH excluding ortho intramolecular Hbond substituents is 3. The monoisotopic (exact) mass is 370 g/mol. The van der Waals surface area contributed by atoms with Gasteiger partial charge in [0.25, 0.3) is 0 Å². The Hall–Kier alpha value is -3.68. The minimum atomic E-state index is -1.34. The highest BCUT2D eigenvalue weighted by molar-refractivity contribution is 6.32. The van der Waals surface area contributed by atoms with Crippen LogP contribution in [-0.4, -0.2) is 43.7 Å². The van der Waals surface area contributed by atoms with Gasteiger partial charge in [-0.15, -0.1) is 0 Å². The number of rotatable bonds is 4. The van der Waals surface area contributed by atoms with Crippen molar-refractivity contribution in [1.29, 1.82) is 0 Å². The van der Waals surface area contributed by atoms with Crippen molar-refractivity contribution >= 4 is 23.3 Å². The summed E-state index contributed by atoms with van der Waals surface area (Å²) in [7, 11) is 0. The molecule has 0 unspecified atom stereocenters. The number of ketones is 3. The molecule has 1 aliphatic rings. The third-order valence-corrected chi connectivity index (χ3v) is 4.38. The number of aromatic hydroxyl groups is 3. The summed E-state index contributed by atoms with van der Waals surface area (Å²) in [5.74, 6) is -5.28. The van der Waals surface area contributed by atoms with Gasteiger partial charge in [0.15, 0.2) is 17.3 Å². The van der Waals surface area contributed by atoms with E-state index in [0.29, 0.717) is 0 Å². The zero-order valence-corrected chi connectivity index (χ0v) is 14.1. The first kappa shape index (κ1) is 18.1. The lowest BCUT2D eigenvalue weighted by molar-refractivity contribution is -0.136. The van der Waals surface area contributed by atoms with E-state index in [-0.39, 0.29) is 39.8 Å². The summed E-state index contributed by atoms with van der Waals surface area (Å²) >= 11 is 0. The number of Topliss-reactive ketones (excluding diaryl/α,β-unsaturated/α-hetero) is 1. The van der Waals surface area contributed by atoms with Crippen LogP contribution in [0.4, 0.5) is 0 Å². The Morgan fingerprint density at radius 1 is 0.889 bits per heavy atom. The molecule has 0 aromatic heterocycles. The lowest BCUT2D eigenvalue weighted by atomic mass is 9.78. The molecule has 0 heterocycles. The van der Waals surface area contributed by atoms with E-state index in [0.717, 1.165) is 18.2 Å². The SMILES string of the molecule is CCC(=O)c1c(CC(=O)O)c(O)cc2c1C(=O)c1c(O)cc(O)cc1C2=O. The predicted octanol–water partition coefficient (Wildman–Crippen LogP) is 1.80. The lowest BCUT2D eigenvalue weighted by Gasteiger charge is -2.23. The maximum absolute atomic E-state index is 13.0. The summed E-state index contributed by atoms with van der Waals surface area (Å²) in [6, 6.07) is 2.82. The van der Waals surface area contributed by atoms with Gasteiger partial charge in [-0.05, 0) is 12.1 Å². The van der Waals surface area contributed by atoms with Crippen LogP contribution in [0.2, 0.25) is 0 Å². The lowest BCUT2D eigenvalue weighted by Crippen LogP contribution is -2.25. The van der Waals surface area contributed by atoms with Gasteiger partial charge in [0.1, 0.15) is 17.2 Å². The van der Waals surface area contributed by atoms with E-state index in [1.54, 1.807) is 0 Å². The molecule has 0 bridgehead atoms. The minimum Gasteiger partial charge on any atom is -0.508 e. The van der Waals surface area contributed by atoms with Crippen molar-refractivity contribution < 1.29 is 39.6 Å². The highest BCUT2D eigenvalue weighted by Gasteiger charge is 2.38. The average Bonchev–Trinajstić information content (AvgIpc) is 2.59. The fourth-order valence-electron chi connectivity index (χ4n) is 3.24. The molecule has 0 saturated carbocycles. The number of benzene rings is 2. The molecule has 0 amide bonds. The van der Waals surface area contributed by atoms with Gasteiger partial charge in [0, 0.05) is 40.3 Å². The van der Waals surface area contributed by atoms with Gasteiger partial charge >= 0.3 is 5.97 Å². The molecule has 0 aliphatic heterocycles. The Balaban J connectivity index is 2.42. The predicted molar refractivity (Wildman–Crippen MR) is 90.7 cm³/mol. The quantitative estimate of drug-likeness (QED) is 0.508. The number of fused-ring (bicyclic) bond motifs is 2. The Morgan fingerprint density at radius 3 is 2.11 bits per heavy atom. The molecule has 138 valence electrons. The molecule has 0 saturated heterocycles. The Kier molecular flexibility index (Phi) is 4.19. The normalized spacial score (nSPS) is 12.5. The molecule has 0 fully saturated rings. The van der Waals surface area contributed by atoms with Crippen LogP contribution in [0.15, 0.2) is 18.2 Å². The summed E-state index contributed by atoms with van der Waals surface area (Å²) < 4.78 is 0. The molecule has 3 rings (SSSR count). The minimum absolute atomic E-state index is 0.0988. The van der Waals surface area contributed by atoms with Crippen LogP contribution in [0.1, 0.15) is 61.1 Å². The molecular weight excluding hydrogens is 356 g/mol. The van der Waals surface area contributed by atoms with E-state index in [4.69, 9.17) is 5.11 Å². The number of hydrogen-bond donors (Lipinski definition) is 4. The summed E-state index contributed by atoms with van der Waals surface area (Å²) in [6.07, 6.45) is -0.825. The average molecular weight is 370 g/mol. The maximum atomic E-state index is 13.0. The summed E-state index contributed by atoms with van der Waals surface area (Å²) in [5.41, 5.74) is -1.91. The Bertz CT molecular complexity index is 1050. The van der Waals surface area contributed by atoms with Crippen LogP contribution >= 0.6 is 0 Å². The molecule has 0 spiro atoms. The Morgan fingerprint density at radius 2 is 1.52 bits per heavy atom. The van der Waals surface area contributed by atoms with Crippen LogP contribution in [0, 0.1) is 0 Å². The number of hydrogen-bond acceptors (Lipinski definition) is 7. The van der Waals surface area contributed by atoms with E-state index in [2.05, 4.69) is 0 Å². The third kappa shape index (κ3) is 2.71. The van der Waals surface area contributed by atoms with Gasteiger partial charge in [-0.2, -0.15) is 0 Å². The van der Waals surface area contributed by atoms with Gasteiger partial charge in [-0.1, -0.05) is 6.92 Å². The number of carbonyl (C=O) groups excluding carboxylic acids is 3. The van der Waals surface area contributed by atoms with Crippen LogP contribution in [0.3, 0.4) is 0 Å². The Labute approximate surface area is 152 Å². The molecule has 0 atom stereocenters. The molecule has 1 aliphatic carbocycles. The van der Waals surface area contributed by atoms with Crippen molar-refractivity contribution in [1.82, 2.24) is 0 Å². The van der Waals surface area contributed by atoms with Gasteiger partial charge in [-0.25, -0.2) is 0 Å². The third-order valence-electron chi connectivity index (χ3n) is 4.38. The molecule has 4 N–H and O–H groups in total. The first-order valence-corrected chi connectivity index (χ1v) is 7.96. The second kappa shape index (κ2) is 6.24. The van der Waals surface area contributed by atoms with Crippen molar-refractivity contribution in [2.75, 3.05) is 0 Å². The topological polar surface area (TPSA) is 149 Å². The zero-order valence-electron chi connectivity index (χ0n) is 14.1. The smallest absolute Gasteiger partial charge is 0.307 e. The molecule has 27 heavy (non-hydrogen) atoms. The molecule has 8 heteroatoms. The largest absolute Gasteiger partial charge is 0.508 e. The van der Waals surface area contributed by atoms with Gasteiger partial charge in [-0.3, -0.25) is 19.2 Å². The summed E-state index contributed by atoms with van der Waals surface area (Å²) in [4.78, 5) is 49.4. The van der Waals surface area contributed by atoms with Crippen molar-refractivity contribution in [2.45, 2.75) is 19.8 Å². The van der Waals surface area contributed by atoms with Gasteiger partial charge < -0.3 is 20.4 Å². The molecule has 8 nitrogen and oxygen atoms in total. The van der Waals surface area contributed by atoms with Crippen LogP contribution in [0.25, 0.3) is 0 Å². The molecule has 2 aromatic rings. The van der Waals surface area contributed by atoms with E-state index >= 15 is 0 Å². The second-order valence-corrected chi connectivity index (χ2v) is 6.06. The van der Waals surface area contributed by atoms with E-state index in [1.165, 1.54) is 6.92 Å². The van der Waals surface area contributed by atoms with Crippen molar-refractivity contribution in [3.63, 3.8) is 0 Å². The van der Waals surface area contributed by atoms with Gasteiger partial charge in [0.2, 0.25) is 0 Å². The summed E-state index contributed by atoms with van der Waals surface area (Å²) in [5, 5.41) is 39.0. The highest BCUT2D eigenvalue weighted by Crippen LogP contribution is 2.40. The summed E-state index contributed by atoms with van der Waals surface area (Å²) in [6.45, 7) is 1.49. The molecule has 2 aromatic carbocycles. The number of aliphatic carboxylic acids is 1. The van der Waals surface area contributed by atoms with Crippen LogP contribution < -0.4 is 0 Å². The number of phenols is 3. The van der Waals surface area contributed by atoms with Gasteiger partial charge in [0.05, 0.1) is 12.0 Å².